The summed E-state index contributed by atoms with van der Waals surface area (Å²) in [5, 5.41) is 0. The molecule has 1 unspecified atom stereocenters. The van der Waals surface area contributed by atoms with Crippen molar-refractivity contribution >= 4 is 5.78 Å². The molecular weight excluding hydrogens is 202 g/mol. The number of aryl methyl sites for hydroxylation is 1. The lowest BCUT2D eigenvalue weighted by Crippen LogP contribution is -2.16. The molecule has 3 heteroatoms. The van der Waals surface area contributed by atoms with Crippen molar-refractivity contribution in [2.75, 3.05) is 7.11 Å². The molecule has 0 amide bonds. The van der Waals surface area contributed by atoms with E-state index in [1.165, 1.54) is 0 Å². The summed E-state index contributed by atoms with van der Waals surface area (Å²) in [4.78, 5) is 11.9. The van der Waals surface area contributed by atoms with E-state index in [9.17, 15) is 4.79 Å². The van der Waals surface area contributed by atoms with Crippen molar-refractivity contribution in [3.63, 3.8) is 0 Å². The summed E-state index contributed by atoms with van der Waals surface area (Å²) in [5.41, 5.74) is 7.35. The summed E-state index contributed by atoms with van der Waals surface area (Å²) in [6.45, 7) is 3.86. The van der Waals surface area contributed by atoms with Crippen LogP contribution in [-0.4, -0.2) is 18.9 Å². The van der Waals surface area contributed by atoms with Gasteiger partial charge in [0.05, 0.1) is 12.7 Å². The van der Waals surface area contributed by atoms with Crippen molar-refractivity contribution < 1.29 is 9.53 Å². The molecule has 0 spiro atoms. The van der Waals surface area contributed by atoms with Crippen molar-refractivity contribution in [1.29, 1.82) is 0 Å². The first-order valence-corrected chi connectivity index (χ1v) is 5.48. The molecule has 0 aliphatic carbocycles. The minimum Gasteiger partial charge on any atom is -0.496 e. The number of carbonyl (C=O) groups is 1. The minimum absolute atomic E-state index is 0.0553. The van der Waals surface area contributed by atoms with E-state index < -0.39 is 0 Å². The van der Waals surface area contributed by atoms with Gasteiger partial charge in [-0.15, -0.1) is 0 Å². The summed E-state index contributed by atoms with van der Waals surface area (Å²) in [7, 11) is 1.58. The molecule has 16 heavy (non-hydrogen) atoms. The number of Topliss-reactive ketones (excluding diaryl/α,β-unsaturated/α-hetero) is 1. The van der Waals surface area contributed by atoms with E-state index in [1.54, 1.807) is 7.11 Å². The average molecular weight is 221 g/mol. The first-order chi connectivity index (χ1) is 7.54. The highest BCUT2D eigenvalue weighted by atomic mass is 16.5. The highest BCUT2D eigenvalue weighted by molar-refractivity contribution is 5.98. The van der Waals surface area contributed by atoms with Crippen LogP contribution in [0.15, 0.2) is 18.2 Å². The van der Waals surface area contributed by atoms with E-state index in [1.807, 2.05) is 32.0 Å². The Balaban J connectivity index is 2.84. The highest BCUT2D eigenvalue weighted by Gasteiger charge is 2.12. The summed E-state index contributed by atoms with van der Waals surface area (Å²) in [5.74, 6) is 0.734. The Labute approximate surface area is 96.6 Å². The fourth-order valence-electron chi connectivity index (χ4n) is 1.53. The van der Waals surface area contributed by atoms with Gasteiger partial charge >= 0.3 is 0 Å². The van der Waals surface area contributed by atoms with Crippen molar-refractivity contribution in [3.8, 4) is 5.75 Å². The van der Waals surface area contributed by atoms with E-state index in [0.29, 0.717) is 24.2 Å². The van der Waals surface area contributed by atoms with Crippen LogP contribution in [0.3, 0.4) is 0 Å². The van der Waals surface area contributed by atoms with Crippen LogP contribution in [0.1, 0.15) is 35.7 Å². The fourth-order valence-corrected chi connectivity index (χ4v) is 1.53. The summed E-state index contributed by atoms with van der Waals surface area (Å²) in [6.07, 6.45) is 1.17. The van der Waals surface area contributed by atoms with Gasteiger partial charge in [-0.1, -0.05) is 11.6 Å². The molecule has 0 saturated carbocycles. The molecule has 0 aliphatic rings. The lowest BCUT2D eigenvalue weighted by molar-refractivity contribution is 0.0975. The molecule has 0 radical (unpaired) electrons. The molecule has 0 aromatic heterocycles. The Bertz CT molecular complexity index is 372. The normalized spacial score (nSPS) is 12.2. The van der Waals surface area contributed by atoms with Gasteiger partial charge in [0, 0.05) is 12.5 Å². The molecule has 0 bridgehead atoms. The van der Waals surface area contributed by atoms with Gasteiger partial charge in [-0.25, -0.2) is 0 Å². The first kappa shape index (κ1) is 12.7. The van der Waals surface area contributed by atoms with Crippen molar-refractivity contribution in [2.45, 2.75) is 32.7 Å². The zero-order valence-electron chi connectivity index (χ0n) is 10.1. The van der Waals surface area contributed by atoms with Crippen LogP contribution in [0.25, 0.3) is 0 Å². The average Bonchev–Trinajstić information content (AvgIpc) is 2.25. The topological polar surface area (TPSA) is 52.3 Å². The van der Waals surface area contributed by atoms with Gasteiger partial charge in [-0.05, 0) is 32.4 Å². The molecule has 0 aliphatic heterocycles. The van der Waals surface area contributed by atoms with Gasteiger partial charge in [0.15, 0.2) is 5.78 Å². The third kappa shape index (κ3) is 3.35. The van der Waals surface area contributed by atoms with E-state index in [0.717, 1.165) is 5.56 Å². The molecule has 1 aromatic rings. The predicted octanol–water partition coefficient (Wildman–Crippen LogP) is 2.31. The quantitative estimate of drug-likeness (QED) is 0.776. The Hall–Kier alpha value is -1.35. The number of hydrogen-bond acceptors (Lipinski definition) is 3. The van der Waals surface area contributed by atoms with Gasteiger partial charge in [-0.2, -0.15) is 0 Å². The minimum atomic E-state index is 0.0553. The summed E-state index contributed by atoms with van der Waals surface area (Å²) < 4.78 is 5.18. The maximum absolute atomic E-state index is 11.9. The van der Waals surface area contributed by atoms with Crippen LogP contribution in [0.4, 0.5) is 0 Å². The molecule has 88 valence electrons. The standard InChI is InChI=1S/C13H19NO2/c1-9-4-7-13(16-3)11(8-9)12(15)6-5-10(2)14/h4,7-8,10H,5-6,14H2,1-3H3. The Morgan fingerprint density at radius 3 is 2.75 bits per heavy atom. The second-order valence-electron chi connectivity index (χ2n) is 4.14. The zero-order valence-corrected chi connectivity index (χ0v) is 10.1. The second kappa shape index (κ2) is 5.66. The number of ether oxygens (including phenoxy) is 1. The highest BCUT2D eigenvalue weighted by Crippen LogP contribution is 2.21. The lowest BCUT2D eigenvalue weighted by atomic mass is 10.0. The third-order valence-corrected chi connectivity index (χ3v) is 2.48. The zero-order chi connectivity index (χ0) is 12.1. The molecule has 2 N–H and O–H groups in total. The molecule has 0 fully saturated rings. The van der Waals surface area contributed by atoms with Gasteiger partial charge < -0.3 is 10.5 Å². The monoisotopic (exact) mass is 221 g/mol. The Morgan fingerprint density at radius 2 is 2.19 bits per heavy atom. The van der Waals surface area contributed by atoms with Crippen LogP contribution in [0.2, 0.25) is 0 Å². The number of carbonyl (C=O) groups excluding carboxylic acids is 1. The third-order valence-electron chi connectivity index (χ3n) is 2.48. The van der Waals surface area contributed by atoms with Crippen LogP contribution in [0, 0.1) is 6.92 Å². The Morgan fingerprint density at radius 1 is 1.50 bits per heavy atom. The fraction of sp³-hybridized carbons (Fsp3) is 0.462. The first-order valence-electron chi connectivity index (χ1n) is 5.48. The molecule has 0 saturated heterocycles. The molecule has 3 nitrogen and oxygen atoms in total. The van der Waals surface area contributed by atoms with Gasteiger partial charge in [0.1, 0.15) is 5.75 Å². The maximum atomic E-state index is 11.9. The van der Waals surface area contributed by atoms with Crippen molar-refractivity contribution in [3.05, 3.63) is 29.3 Å². The lowest BCUT2D eigenvalue weighted by Gasteiger charge is -2.09. The van der Waals surface area contributed by atoms with E-state index >= 15 is 0 Å². The number of nitrogens with two attached hydrogens (primary N) is 1. The SMILES string of the molecule is COc1ccc(C)cc1C(=O)CCC(C)N. The van der Waals surface area contributed by atoms with E-state index in [4.69, 9.17) is 10.5 Å². The smallest absolute Gasteiger partial charge is 0.166 e. The molecule has 0 heterocycles. The molecule has 1 atom stereocenters. The summed E-state index contributed by atoms with van der Waals surface area (Å²) >= 11 is 0. The molecule has 1 rings (SSSR count). The van der Waals surface area contributed by atoms with Gasteiger partial charge in [0.25, 0.3) is 0 Å². The van der Waals surface area contributed by atoms with Crippen LogP contribution >= 0.6 is 0 Å². The number of ketones is 1. The van der Waals surface area contributed by atoms with Crippen LogP contribution in [-0.2, 0) is 0 Å². The van der Waals surface area contributed by atoms with Crippen molar-refractivity contribution in [1.82, 2.24) is 0 Å². The largest absolute Gasteiger partial charge is 0.496 e. The number of benzene rings is 1. The number of rotatable bonds is 5. The van der Waals surface area contributed by atoms with E-state index in [2.05, 4.69) is 0 Å². The van der Waals surface area contributed by atoms with Crippen molar-refractivity contribution in [2.24, 2.45) is 5.73 Å². The second-order valence-corrected chi connectivity index (χ2v) is 4.14. The van der Waals surface area contributed by atoms with Gasteiger partial charge in [-0.3, -0.25) is 4.79 Å². The molecule has 1 aromatic carbocycles. The molecular formula is C13H19NO2. The number of methoxy groups -OCH3 is 1. The predicted molar refractivity (Wildman–Crippen MR) is 64.9 cm³/mol. The van der Waals surface area contributed by atoms with Crippen LogP contribution in [0.5, 0.6) is 5.75 Å². The van der Waals surface area contributed by atoms with E-state index in [-0.39, 0.29) is 11.8 Å². The number of hydrogen-bond donors (Lipinski definition) is 1. The summed E-state index contributed by atoms with van der Waals surface area (Å²) in [6, 6.07) is 5.68. The maximum Gasteiger partial charge on any atom is 0.166 e. The van der Waals surface area contributed by atoms with Crippen LogP contribution < -0.4 is 10.5 Å². The Kier molecular flexibility index (Phi) is 4.50. The van der Waals surface area contributed by atoms with Gasteiger partial charge in [0.2, 0.25) is 0 Å².